The number of hydrogen-bond acceptors (Lipinski definition) is 4. The van der Waals surface area contributed by atoms with Gasteiger partial charge in [0.15, 0.2) is 5.16 Å². The molecule has 0 bridgehead atoms. The zero-order valence-electron chi connectivity index (χ0n) is 14.5. The minimum Gasteiger partial charge on any atom is -0.325 e. The van der Waals surface area contributed by atoms with Crippen LogP contribution in [0.15, 0.2) is 53.9 Å². The normalized spacial score (nSPS) is 10.7. The van der Waals surface area contributed by atoms with E-state index in [1.807, 2.05) is 41.8 Å². The van der Waals surface area contributed by atoms with E-state index in [0.717, 1.165) is 22.5 Å². The van der Waals surface area contributed by atoms with Gasteiger partial charge in [0, 0.05) is 5.69 Å². The Hall–Kier alpha value is -2.60. The molecule has 0 aliphatic rings. The van der Waals surface area contributed by atoms with E-state index in [9.17, 15) is 4.79 Å². The van der Waals surface area contributed by atoms with Crippen LogP contribution in [0, 0.1) is 20.8 Å². The number of rotatable bonds is 5. The Morgan fingerprint density at radius 2 is 1.92 bits per heavy atom. The molecule has 5 nitrogen and oxygen atoms in total. The standard InChI is InChI=1S/C19H20N4OS/c1-13-8-9-17(15(3)10-13)23-12-20-22-19(23)25-11-18(24)21-16-7-5-4-6-14(16)2/h4-10,12H,11H2,1-3H3,(H,21,24). The van der Waals surface area contributed by atoms with Crippen LogP contribution in [0.1, 0.15) is 16.7 Å². The first-order valence-electron chi connectivity index (χ1n) is 8.00. The average molecular weight is 352 g/mol. The number of aryl methyl sites for hydroxylation is 3. The molecular formula is C19H20N4OS. The lowest BCUT2D eigenvalue weighted by Gasteiger charge is -2.10. The molecule has 0 radical (unpaired) electrons. The first-order chi connectivity index (χ1) is 12.0. The molecule has 0 unspecified atom stereocenters. The molecule has 0 fully saturated rings. The molecule has 2 aromatic carbocycles. The Bertz CT molecular complexity index is 904. The highest BCUT2D eigenvalue weighted by Crippen LogP contribution is 2.23. The van der Waals surface area contributed by atoms with Gasteiger partial charge in [-0.3, -0.25) is 9.36 Å². The van der Waals surface area contributed by atoms with Crippen LogP contribution in [0.25, 0.3) is 5.69 Å². The van der Waals surface area contributed by atoms with Gasteiger partial charge in [-0.2, -0.15) is 0 Å². The van der Waals surface area contributed by atoms with Gasteiger partial charge in [-0.1, -0.05) is 47.7 Å². The Morgan fingerprint density at radius 3 is 2.68 bits per heavy atom. The molecule has 6 heteroatoms. The Balaban J connectivity index is 1.69. The molecule has 0 saturated heterocycles. The first-order valence-corrected chi connectivity index (χ1v) is 8.99. The maximum Gasteiger partial charge on any atom is 0.234 e. The van der Waals surface area contributed by atoms with Gasteiger partial charge in [0.05, 0.1) is 11.4 Å². The SMILES string of the molecule is Cc1ccc(-n2cnnc2SCC(=O)Nc2ccccc2C)c(C)c1. The number of benzene rings is 2. The zero-order chi connectivity index (χ0) is 17.8. The van der Waals surface area contributed by atoms with Crippen molar-refractivity contribution >= 4 is 23.4 Å². The maximum atomic E-state index is 12.2. The minimum atomic E-state index is -0.0607. The highest BCUT2D eigenvalue weighted by atomic mass is 32.2. The fraction of sp³-hybridized carbons (Fsp3) is 0.211. The van der Waals surface area contributed by atoms with Gasteiger partial charge in [-0.15, -0.1) is 10.2 Å². The van der Waals surface area contributed by atoms with Crippen molar-refractivity contribution < 1.29 is 4.79 Å². The van der Waals surface area contributed by atoms with Crippen LogP contribution in [-0.2, 0) is 4.79 Å². The lowest BCUT2D eigenvalue weighted by molar-refractivity contribution is -0.113. The number of aromatic nitrogens is 3. The maximum absolute atomic E-state index is 12.2. The van der Waals surface area contributed by atoms with Crippen molar-refractivity contribution in [3.05, 3.63) is 65.5 Å². The Labute approximate surface area is 151 Å². The predicted molar refractivity (Wildman–Crippen MR) is 101 cm³/mol. The van der Waals surface area contributed by atoms with Crippen molar-refractivity contribution in [1.82, 2.24) is 14.8 Å². The number of anilines is 1. The second kappa shape index (κ2) is 7.53. The van der Waals surface area contributed by atoms with Gasteiger partial charge in [0.1, 0.15) is 6.33 Å². The molecule has 3 aromatic rings. The van der Waals surface area contributed by atoms with Crippen molar-refractivity contribution in [2.24, 2.45) is 0 Å². The van der Waals surface area contributed by atoms with Gasteiger partial charge in [0.2, 0.25) is 5.91 Å². The molecule has 1 aromatic heterocycles. The van der Waals surface area contributed by atoms with E-state index in [0.29, 0.717) is 5.16 Å². The molecule has 0 aliphatic heterocycles. The van der Waals surface area contributed by atoms with Crippen LogP contribution in [0.4, 0.5) is 5.69 Å². The number of carbonyl (C=O) groups is 1. The summed E-state index contributed by atoms with van der Waals surface area (Å²) in [5.41, 5.74) is 5.26. The smallest absolute Gasteiger partial charge is 0.234 e. The molecule has 25 heavy (non-hydrogen) atoms. The van der Waals surface area contributed by atoms with E-state index in [1.54, 1.807) is 6.33 Å². The second-order valence-electron chi connectivity index (χ2n) is 5.93. The predicted octanol–water partition coefficient (Wildman–Crippen LogP) is 3.92. The molecule has 3 rings (SSSR count). The van der Waals surface area contributed by atoms with Crippen LogP contribution >= 0.6 is 11.8 Å². The molecule has 0 aliphatic carbocycles. The van der Waals surface area contributed by atoms with Crippen LogP contribution in [0.3, 0.4) is 0 Å². The Kier molecular flexibility index (Phi) is 5.19. The fourth-order valence-corrected chi connectivity index (χ4v) is 3.32. The van der Waals surface area contributed by atoms with Crippen LogP contribution in [0.2, 0.25) is 0 Å². The van der Waals surface area contributed by atoms with Gasteiger partial charge >= 0.3 is 0 Å². The summed E-state index contributed by atoms with van der Waals surface area (Å²) in [6.07, 6.45) is 1.68. The summed E-state index contributed by atoms with van der Waals surface area (Å²) in [4.78, 5) is 12.2. The van der Waals surface area contributed by atoms with Gasteiger partial charge in [0.25, 0.3) is 0 Å². The van der Waals surface area contributed by atoms with E-state index in [1.165, 1.54) is 17.3 Å². The number of para-hydroxylation sites is 1. The topological polar surface area (TPSA) is 59.8 Å². The number of nitrogens with one attached hydrogen (secondary N) is 1. The van der Waals surface area contributed by atoms with Crippen LogP contribution in [-0.4, -0.2) is 26.4 Å². The summed E-state index contributed by atoms with van der Waals surface area (Å²) >= 11 is 1.37. The number of thioether (sulfide) groups is 1. The third-order valence-electron chi connectivity index (χ3n) is 3.88. The summed E-state index contributed by atoms with van der Waals surface area (Å²) in [6, 6.07) is 14.0. The highest BCUT2D eigenvalue weighted by Gasteiger charge is 2.12. The highest BCUT2D eigenvalue weighted by molar-refractivity contribution is 7.99. The van der Waals surface area contributed by atoms with Crippen molar-refractivity contribution in [2.45, 2.75) is 25.9 Å². The van der Waals surface area contributed by atoms with E-state index >= 15 is 0 Å². The van der Waals surface area contributed by atoms with Crippen molar-refractivity contribution in [3.8, 4) is 5.69 Å². The lowest BCUT2D eigenvalue weighted by atomic mass is 10.1. The summed E-state index contributed by atoms with van der Waals surface area (Å²) in [5, 5.41) is 11.8. The molecule has 1 heterocycles. The second-order valence-corrected chi connectivity index (χ2v) is 6.87. The largest absolute Gasteiger partial charge is 0.325 e. The van der Waals surface area contributed by atoms with E-state index < -0.39 is 0 Å². The number of amides is 1. The number of hydrogen-bond donors (Lipinski definition) is 1. The van der Waals surface area contributed by atoms with Gasteiger partial charge in [-0.05, 0) is 44.0 Å². The zero-order valence-corrected chi connectivity index (χ0v) is 15.3. The van der Waals surface area contributed by atoms with Crippen LogP contribution in [0.5, 0.6) is 0 Å². The molecular weight excluding hydrogens is 332 g/mol. The summed E-state index contributed by atoms with van der Waals surface area (Å²) in [5.74, 6) is 0.215. The van der Waals surface area contributed by atoms with E-state index in [-0.39, 0.29) is 11.7 Å². The van der Waals surface area contributed by atoms with Gasteiger partial charge < -0.3 is 5.32 Å². The summed E-state index contributed by atoms with van der Waals surface area (Å²) < 4.78 is 1.92. The molecule has 128 valence electrons. The Morgan fingerprint density at radius 1 is 1.12 bits per heavy atom. The number of nitrogens with zero attached hydrogens (tertiary/aromatic N) is 3. The average Bonchev–Trinajstić information content (AvgIpc) is 3.03. The quantitative estimate of drug-likeness (QED) is 0.707. The molecule has 1 amide bonds. The van der Waals surface area contributed by atoms with Crippen molar-refractivity contribution in [3.63, 3.8) is 0 Å². The molecule has 0 spiro atoms. The van der Waals surface area contributed by atoms with Gasteiger partial charge in [-0.25, -0.2) is 0 Å². The van der Waals surface area contributed by atoms with Crippen molar-refractivity contribution in [2.75, 3.05) is 11.1 Å². The number of carbonyl (C=O) groups excluding carboxylic acids is 1. The van der Waals surface area contributed by atoms with Crippen molar-refractivity contribution in [1.29, 1.82) is 0 Å². The van der Waals surface area contributed by atoms with E-state index in [2.05, 4.69) is 41.5 Å². The third kappa shape index (κ3) is 4.09. The molecule has 0 saturated carbocycles. The fourth-order valence-electron chi connectivity index (χ4n) is 2.59. The first kappa shape index (κ1) is 17.2. The molecule has 1 N–H and O–H groups in total. The monoisotopic (exact) mass is 352 g/mol. The van der Waals surface area contributed by atoms with Crippen LogP contribution < -0.4 is 5.32 Å². The molecule has 0 atom stereocenters. The lowest BCUT2D eigenvalue weighted by Crippen LogP contribution is -2.15. The summed E-state index contributed by atoms with van der Waals surface area (Å²) in [6.45, 7) is 6.09. The summed E-state index contributed by atoms with van der Waals surface area (Å²) in [7, 11) is 0. The third-order valence-corrected chi connectivity index (χ3v) is 4.82. The minimum absolute atomic E-state index is 0.0607. The van der Waals surface area contributed by atoms with E-state index in [4.69, 9.17) is 0 Å².